The number of carbonyl (C=O) groups is 1. The molecule has 0 aromatic heterocycles. The number of nitrogens with one attached hydrogen (secondary N) is 1. The van der Waals surface area contributed by atoms with Crippen molar-refractivity contribution in [1.82, 2.24) is 5.32 Å². The Morgan fingerprint density at radius 2 is 1.85 bits per heavy atom. The summed E-state index contributed by atoms with van der Waals surface area (Å²) in [7, 11) is 3.06. The van der Waals surface area contributed by atoms with Gasteiger partial charge in [-0.3, -0.25) is 9.79 Å². The van der Waals surface area contributed by atoms with Gasteiger partial charge in [-0.1, -0.05) is 42.1 Å². The van der Waals surface area contributed by atoms with Crippen molar-refractivity contribution in [2.75, 3.05) is 26.5 Å². The van der Waals surface area contributed by atoms with Crippen LogP contribution in [0, 0.1) is 0 Å². The lowest BCUT2D eigenvalue weighted by Gasteiger charge is -2.16. The van der Waals surface area contributed by atoms with Gasteiger partial charge in [0.05, 0.1) is 20.8 Å². The van der Waals surface area contributed by atoms with Crippen LogP contribution in [0.5, 0.6) is 17.2 Å². The number of carbonyl (C=O) groups excluding carboxylic acids is 1. The first-order chi connectivity index (χ1) is 12.7. The predicted octanol–water partition coefficient (Wildman–Crippen LogP) is 3.12. The van der Waals surface area contributed by atoms with E-state index in [0.29, 0.717) is 34.6 Å². The molecule has 0 bridgehead atoms. The second-order valence-corrected chi connectivity index (χ2v) is 6.56. The van der Waals surface area contributed by atoms with Gasteiger partial charge in [-0.25, -0.2) is 0 Å². The Bertz CT molecular complexity index is 783. The third kappa shape index (κ3) is 4.29. The molecule has 3 rings (SSSR count). The van der Waals surface area contributed by atoms with Crippen molar-refractivity contribution in [3.05, 3.63) is 53.6 Å². The monoisotopic (exact) mass is 372 g/mol. The number of aliphatic imine (C=N–C) groups is 1. The first kappa shape index (κ1) is 18.1. The molecule has 1 heterocycles. The first-order valence-corrected chi connectivity index (χ1v) is 9.11. The Balaban J connectivity index is 1.81. The molecular formula is C19H20N2O4S. The number of hydrogen-bond donors (Lipinski definition) is 1. The van der Waals surface area contributed by atoms with Gasteiger partial charge < -0.3 is 19.5 Å². The van der Waals surface area contributed by atoms with Crippen molar-refractivity contribution in [3.63, 3.8) is 0 Å². The second kappa shape index (κ2) is 8.62. The van der Waals surface area contributed by atoms with Gasteiger partial charge in [0.15, 0.2) is 16.7 Å². The fourth-order valence-corrected chi connectivity index (χ4v) is 3.19. The summed E-state index contributed by atoms with van der Waals surface area (Å²) in [6, 6.07) is 13.1. The van der Waals surface area contributed by atoms with Crippen molar-refractivity contribution in [2.24, 2.45) is 4.99 Å². The minimum atomic E-state index is -0.260. The zero-order valence-electron chi connectivity index (χ0n) is 14.7. The molecule has 26 heavy (non-hydrogen) atoms. The largest absolute Gasteiger partial charge is 0.493 e. The minimum Gasteiger partial charge on any atom is -0.493 e. The van der Waals surface area contributed by atoms with Crippen LogP contribution < -0.4 is 19.5 Å². The van der Waals surface area contributed by atoms with E-state index >= 15 is 0 Å². The Morgan fingerprint density at radius 1 is 1.15 bits per heavy atom. The molecular weight excluding hydrogens is 352 g/mol. The Kier molecular flexibility index (Phi) is 6.01. The van der Waals surface area contributed by atoms with E-state index in [1.54, 1.807) is 12.1 Å². The van der Waals surface area contributed by atoms with E-state index in [9.17, 15) is 4.79 Å². The molecule has 1 aliphatic rings. The van der Waals surface area contributed by atoms with Crippen molar-refractivity contribution in [2.45, 2.75) is 6.61 Å². The Hall–Kier alpha value is -2.67. The molecule has 2 aromatic carbocycles. The molecule has 0 saturated heterocycles. The zero-order chi connectivity index (χ0) is 18.4. The van der Waals surface area contributed by atoms with Crippen molar-refractivity contribution in [1.29, 1.82) is 0 Å². The van der Waals surface area contributed by atoms with E-state index in [2.05, 4.69) is 10.3 Å². The van der Waals surface area contributed by atoms with Gasteiger partial charge in [0.1, 0.15) is 6.61 Å². The van der Waals surface area contributed by atoms with Gasteiger partial charge in [-0.2, -0.15) is 0 Å². The summed E-state index contributed by atoms with van der Waals surface area (Å²) in [5.74, 6) is 1.96. The number of thioether (sulfide) groups is 1. The molecule has 6 nitrogen and oxygen atoms in total. The van der Waals surface area contributed by atoms with E-state index in [0.717, 1.165) is 17.9 Å². The van der Waals surface area contributed by atoms with E-state index in [-0.39, 0.29) is 5.91 Å². The van der Waals surface area contributed by atoms with Crippen LogP contribution in [0.25, 0.3) is 0 Å². The summed E-state index contributed by atoms with van der Waals surface area (Å²) >= 11 is 1.53. The zero-order valence-corrected chi connectivity index (χ0v) is 15.5. The Morgan fingerprint density at radius 3 is 2.42 bits per heavy atom. The third-order valence-corrected chi connectivity index (χ3v) is 4.65. The van der Waals surface area contributed by atoms with E-state index in [1.807, 2.05) is 30.3 Å². The van der Waals surface area contributed by atoms with Gasteiger partial charge in [-0.05, 0) is 17.7 Å². The van der Waals surface area contributed by atoms with E-state index in [1.165, 1.54) is 26.0 Å². The molecule has 1 amide bonds. The molecule has 0 saturated carbocycles. The third-order valence-electron chi connectivity index (χ3n) is 3.75. The molecule has 1 N–H and O–H groups in total. The van der Waals surface area contributed by atoms with Crippen molar-refractivity contribution >= 4 is 22.8 Å². The number of rotatable bonds is 6. The quantitative estimate of drug-likeness (QED) is 0.844. The summed E-state index contributed by atoms with van der Waals surface area (Å²) in [5.41, 5.74) is 1.44. The molecule has 7 heteroatoms. The van der Waals surface area contributed by atoms with Crippen LogP contribution in [-0.2, 0) is 6.61 Å². The van der Waals surface area contributed by atoms with Crippen molar-refractivity contribution < 1.29 is 19.0 Å². The van der Waals surface area contributed by atoms with Crippen LogP contribution in [0.2, 0.25) is 0 Å². The topological polar surface area (TPSA) is 69.2 Å². The highest BCUT2D eigenvalue weighted by Crippen LogP contribution is 2.39. The summed E-state index contributed by atoms with van der Waals surface area (Å²) < 4.78 is 16.7. The van der Waals surface area contributed by atoms with Gasteiger partial charge in [0.2, 0.25) is 5.75 Å². The fourth-order valence-electron chi connectivity index (χ4n) is 2.46. The van der Waals surface area contributed by atoms with E-state index in [4.69, 9.17) is 14.2 Å². The number of hydrogen-bond acceptors (Lipinski definition) is 6. The summed E-state index contributed by atoms with van der Waals surface area (Å²) in [6.07, 6.45) is 0. The SMILES string of the molecule is COc1cc(C(=O)NC2=NCCS2)cc(OC)c1OCc1ccccc1. The normalized spacial score (nSPS) is 13.1. The molecule has 2 aromatic rings. The Labute approximate surface area is 156 Å². The summed E-state index contributed by atoms with van der Waals surface area (Å²) in [5, 5.41) is 3.43. The van der Waals surface area contributed by atoms with Crippen LogP contribution in [0.3, 0.4) is 0 Å². The average Bonchev–Trinajstić information content (AvgIpc) is 3.19. The number of amides is 1. The number of benzene rings is 2. The van der Waals surface area contributed by atoms with Crippen LogP contribution >= 0.6 is 11.8 Å². The van der Waals surface area contributed by atoms with Crippen LogP contribution in [0.15, 0.2) is 47.5 Å². The number of ether oxygens (including phenoxy) is 3. The van der Waals surface area contributed by atoms with Crippen LogP contribution in [0.1, 0.15) is 15.9 Å². The molecule has 0 aliphatic carbocycles. The van der Waals surface area contributed by atoms with Gasteiger partial charge in [-0.15, -0.1) is 0 Å². The molecule has 0 fully saturated rings. The standard InChI is InChI=1S/C19H20N2O4S/c1-23-15-10-14(18(22)21-19-20-8-9-26-19)11-16(24-2)17(15)25-12-13-6-4-3-5-7-13/h3-7,10-11H,8-9,12H2,1-2H3,(H,20,21,22). The molecule has 136 valence electrons. The molecule has 0 spiro atoms. The predicted molar refractivity (Wildman–Crippen MR) is 103 cm³/mol. The lowest BCUT2D eigenvalue weighted by Crippen LogP contribution is -2.27. The summed E-state index contributed by atoms with van der Waals surface area (Å²) in [6.45, 7) is 1.09. The van der Waals surface area contributed by atoms with Crippen LogP contribution in [-0.4, -0.2) is 37.6 Å². The number of methoxy groups -OCH3 is 2. The van der Waals surface area contributed by atoms with Crippen LogP contribution in [0.4, 0.5) is 0 Å². The van der Waals surface area contributed by atoms with Gasteiger partial charge in [0.25, 0.3) is 5.91 Å². The van der Waals surface area contributed by atoms with Crippen molar-refractivity contribution in [3.8, 4) is 17.2 Å². The highest BCUT2D eigenvalue weighted by atomic mass is 32.2. The average molecular weight is 372 g/mol. The lowest BCUT2D eigenvalue weighted by atomic mass is 10.1. The molecule has 0 unspecified atom stereocenters. The first-order valence-electron chi connectivity index (χ1n) is 8.12. The minimum absolute atomic E-state index is 0.260. The molecule has 1 aliphatic heterocycles. The number of amidine groups is 1. The highest BCUT2D eigenvalue weighted by molar-refractivity contribution is 8.14. The lowest BCUT2D eigenvalue weighted by molar-refractivity contribution is 0.0977. The molecule has 0 atom stereocenters. The molecule has 0 radical (unpaired) electrons. The van der Waals surface area contributed by atoms with E-state index < -0.39 is 0 Å². The second-order valence-electron chi connectivity index (χ2n) is 5.47. The summed E-state index contributed by atoms with van der Waals surface area (Å²) in [4.78, 5) is 16.7. The maximum absolute atomic E-state index is 12.5. The smallest absolute Gasteiger partial charge is 0.257 e. The maximum atomic E-state index is 12.5. The highest BCUT2D eigenvalue weighted by Gasteiger charge is 2.19. The number of nitrogens with zero attached hydrogens (tertiary/aromatic N) is 1. The van der Waals surface area contributed by atoms with Gasteiger partial charge in [0, 0.05) is 11.3 Å². The van der Waals surface area contributed by atoms with Gasteiger partial charge >= 0.3 is 0 Å². The maximum Gasteiger partial charge on any atom is 0.257 e. The fraction of sp³-hybridized carbons (Fsp3) is 0.263.